The molecule has 0 amide bonds. The molecule has 5 heteroatoms. The molecule has 1 fully saturated rings. The molecule has 1 N–H and O–H groups in total. The van der Waals surface area contributed by atoms with E-state index in [1.54, 1.807) is 11.3 Å². The Labute approximate surface area is 84.6 Å². The second-order valence-corrected chi connectivity index (χ2v) is 4.63. The number of aromatic nitrogens is 2. The molecule has 1 aliphatic heterocycles. The van der Waals surface area contributed by atoms with E-state index in [0.29, 0.717) is 19.5 Å². The topological polar surface area (TPSA) is 29.3 Å². The lowest BCUT2D eigenvalue weighted by Gasteiger charge is -2.34. The van der Waals surface area contributed by atoms with Gasteiger partial charge in [-0.15, -0.1) is 11.3 Å². The molecule has 0 saturated carbocycles. The summed E-state index contributed by atoms with van der Waals surface area (Å²) in [4.78, 5) is 5.29. The molecular weight excluding hydrogens is 201 g/mol. The van der Waals surface area contributed by atoms with Gasteiger partial charge in [-0.05, 0) is 0 Å². The molecule has 0 unspecified atom stereocenters. The van der Waals surface area contributed by atoms with Gasteiger partial charge >= 0.3 is 0 Å². The molecule has 3 rings (SSSR count). The number of hydrogen-bond donors (Lipinski definition) is 1. The Morgan fingerprint density at radius 1 is 1.64 bits per heavy atom. The predicted molar refractivity (Wildman–Crippen MR) is 53.5 cm³/mol. The Morgan fingerprint density at radius 2 is 2.50 bits per heavy atom. The van der Waals surface area contributed by atoms with Gasteiger partial charge in [0, 0.05) is 37.3 Å². The third-order valence-corrected chi connectivity index (χ3v) is 3.30. The zero-order chi connectivity index (χ0) is 9.60. The van der Waals surface area contributed by atoms with Crippen LogP contribution in [0.25, 0.3) is 4.96 Å². The zero-order valence-corrected chi connectivity index (χ0v) is 8.35. The van der Waals surface area contributed by atoms with Crippen molar-refractivity contribution in [3.63, 3.8) is 0 Å². The van der Waals surface area contributed by atoms with Crippen LogP contribution in [0.2, 0.25) is 0 Å². The molecule has 0 spiro atoms. The van der Waals surface area contributed by atoms with Crippen LogP contribution in [0, 0.1) is 0 Å². The third kappa shape index (κ3) is 1.24. The highest BCUT2D eigenvalue weighted by Crippen LogP contribution is 2.23. The summed E-state index contributed by atoms with van der Waals surface area (Å²) in [6.07, 6.45) is 4.28. The number of fused-ring (bicyclic) bond motifs is 1. The summed E-state index contributed by atoms with van der Waals surface area (Å²) in [7, 11) is 0. The number of rotatable bonds is 2. The van der Waals surface area contributed by atoms with E-state index in [4.69, 9.17) is 0 Å². The lowest BCUT2D eigenvalue weighted by Crippen LogP contribution is -2.57. The Morgan fingerprint density at radius 3 is 3.14 bits per heavy atom. The molecule has 2 aromatic heterocycles. The molecular formula is C9H10FN3S. The lowest BCUT2D eigenvalue weighted by atomic mass is 9.94. The predicted octanol–water partition coefficient (Wildman–Crippen LogP) is 1.25. The highest BCUT2D eigenvalue weighted by molar-refractivity contribution is 7.15. The first kappa shape index (κ1) is 8.38. The Balaban J connectivity index is 1.88. The minimum Gasteiger partial charge on any atom is -0.310 e. The van der Waals surface area contributed by atoms with E-state index in [9.17, 15) is 4.39 Å². The van der Waals surface area contributed by atoms with Gasteiger partial charge in [0.05, 0.1) is 5.69 Å². The first-order valence-electron chi connectivity index (χ1n) is 4.56. The van der Waals surface area contributed by atoms with Gasteiger partial charge in [-0.2, -0.15) is 0 Å². The van der Waals surface area contributed by atoms with E-state index in [1.807, 2.05) is 22.2 Å². The van der Waals surface area contributed by atoms with Crippen LogP contribution in [0.15, 0.2) is 17.8 Å². The Hall–Kier alpha value is -0.940. The average Bonchev–Trinajstić information content (AvgIpc) is 2.60. The summed E-state index contributed by atoms with van der Waals surface area (Å²) in [6.45, 7) is 0.913. The van der Waals surface area contributed by atoms with Gasteiger partial charge in [0.2, 0.25) is 0 Å². The van der Waals surface area contributed by atoms with Crippen molar-refractivity contribution in [2.24, 2.45) is 0 Å². The first-order chi connectivity index (χ1) is 6.75. The van der Waals surface area contributed by atoms with Crippen molar-refractivity contribution in [1.29, 1.82) is 0 Å². The van der Waals surface area contributed by atoms with E-state index >= 15 is 0 Å². The molecule has 3 nitrogen and oxygen atoms in total. The zero-order valence-electron chi connectivity index (χ0n) is 7.53. The van der Waals surface area contributed by atoms with Crippen LogP contribution in [-0.2, 0) is 6.42 Å². The standard InChI is InChI=1S/C9H10FN3S/c10-9(5-11-6-9)3-7-4-13-1-2-14-8(13)12-7/h1-2,4,11H,3,5-6H2. The van der Waals surface area contributed by atoms with Gasteiger partial charge in [0.25, 0.3) is 0 Å². The van der Waals surface area contributed by atoms with Gasteiger partial charge < -0.3 is 5.32 Å². The lowest BCUT2D eigenvalue weighted by molar-refractivity contribution is 0.0902. The summed E-state index contributed by atoms with van der Waals surface area (Å²) < 4.78 is 15.7. The van der Waals surface area contributed by atoms with Crippen molar-refractivity contribution in [2.75, 3.05) is 13.1 Å². The SMILES string of the molecule is FC1(Cc2cn3ccsc3n2)CNC1. The number of nitrogens with zero attached hydrogens (tertiary/aromatic N) is 2. The maximum atomic E-state index is 13.7. The average molecular weight is 211 g/mol. The minimum absolute atomic E-state index is 0.425. The quantitative estimate of drug-likeness (QED) is 0.810. The van der Waals surface area contributed by atoms with Crippen LogP contribution in [0.1, 0.15) is 5.69 Å². The molecule has 0 bridgehead atoms. The molecule has 0 aliphatic carbocycles. The molecule has 3 heterocycles. The fourth-order valence-corrected chi connectivity index (χ4v) is 2.43. The van der Waals surface area contributed by atoms with Crippen LogP contribution in [0.5, 0.6) is 0 Å². The maximum Gasteiger partial charge on any atom is 0.193 e. The highest BCUT2D eigenvalue weighted by Gasteiger charge is 2.37. The van der Waals surface area contributed by atoms with E-state index in [1.165, 1.54) is 0 Å². The largest absolute Gasteiger partial charge is 0.310 e. The van der Waals surface area contributed by atoms with Crippen molar-refractivity contribution in [1.82, 2.24) is 14.7 Å². The molecule has 74 valence electrons. The second kappa shape index (κ2) is 2.77. The second-order valence-electron chi connectivity index (χ2n) is 3.76. The number of thiazole rings is 1. The van der Waals surface area contributed by atoms with Crippen molar-refractivity contribution >= 4 is 16.3 Å². The molecule has 0 aromatic carbocycles. The van der Waals surface area contributed by atoms with Gasteiger partial charge in [-0.1, -0.05) is 0 Å². The summed E-state index contributed by atoms with van der Waals surface area (Å²) in [5, 5.41) is 4.92. The monoisotopic (exact) mass is 211 g/mol. The fourth-order valence-electron chi connectivity index (χ4n) is 1.71. The van der Waals surface area contributed by atoms with Gasteiger partial charge in [-0.25, -0.2) is 9.37 Å². The molecule has 0 radical (unpaired) electrons. The summed E-state index contributed by atoms with van der Waals surface area (Å²) in [6, 6.07) is 0. The normalized spacial score (nSPS) is 19.8. The van der Waals surface area contributed by atoms with Crippen LogP contribution < -0.4 is 5.32 Å². The number of alkyl halides is 1. The summed E-state index contributed by atoms with van der Waals surface area (Å²) >= 11 is 1.57. The molecule has 0 atom stereocenters. The minimum atomic E-state index is -1.07. The van der Waals surface area contributed by atoms with Crippen LogP contribution >= 0.6 is 11.3 Å². The Bertz CT molecular complexity index is 429. The van der Waals surface area contributed by atoms with E-state index < -0.39 is 5.67 Å². The smallest absolute Gasteiger partial charge is 0.193 e. The van der Waals surface area contributed by atoms with Gasteiger partial charge in [-0.3, -0.25) is 4.40 Å². The van der Waals surface area contributed by atoms with Crippen molar-refractivity contribution in [3.8, 4) is 0 Å². The third-order valence-electron chi connectivity index (χ3n) is 2.52. The van der Waals surface area contributed by atoms with Crippen LogP contribution in [0.3, 0.4) is 0 Å². The van der Waals surface area contributed by atoms with E-state index in [0.717, 1.165) is 10.7 Å². The number of hydrogen-bond acceptors (Lipinski definition) is 3. The van der Waals surface area contributed by atoms with Crippen molar-refractivity contribution in [2.45, 2.75) is 12.1 Å². The molecule has 1 saturated heterocycles. The molecule has 14 heavy (non-hydrogen) atoms. The fraction of sp³-hybridized carbons (Fsp3) is 0.444. The van der Waals surface area contributed by atoms with Gasteiger partial charge in [0.1, 0.15) is 5.67 Å². The Kier molecular flexibility index (Phi) is 1.66. The highest BCUT2D eigenvalue weighted by atomic mass is 32.1. The molecule has 2 aromatic rings. The van der Waals surface area contributed by atoms with Crippen LogP contribution in [0.4, 0.5) is 4.39 Å². The van der Waals surface area contributed by atoms with E-state index in [2.05, 4.69) is 10.3 Å². The van der Waals surface area contributed by atoms with E-state index in [-0.39, 0.29) is 0 Å². The number of imidazole rings is 1. The first-order valence-corrected chi connectivity index (χ1v) is 5.44. The van der Waals surface area contributed by atoms with Crippen LogP contribution in [-0.4, -0.2) is 28.1 Å². The summed E-state index contributed by atoms with van der Waals surface area (Å²) in [5.74, 6) is 0. The molecule has 1 aliphatic rings. The van der Waals surface area contributed by atoms with Crippen molar-refractivity contribution < 1.29 is 4.39 Å². The maximum absolute atomic E-state index is 13.7. The van der Waals surface area contributed by atoms with Gasteiger partial charge in [0.15, 0.2) is 4.96 Å². The van der Waals surface area contributed by atoms with Crippen molar-refractivity contribution in [3.05, 3.63) is 23.5 Å². The number of nitrogens with one attached hydrogen (secondary N) is 1. The summed E-state index contributed by atoms with van der Waals surface area (Å²) in [5.41, 5.74) is -0.217. The number of halogens is 1.